The molecule has 0 bridgehead atoms. The Balaban J connectivity index is 1.59. The van der Waals surface area contributed by atoms with Crippen LogP contribution < -0.4 is 14.8 Å². The Hall–Kier alpha value is -1.55. The van der Waals surface area contributed by atoms with Crippen molar-refractivity contribution in [2.24, 2.45) is 5.92 Å². The highest BCUT2D eigenvalue weighted by Crippen LogP contribution is 2.31. The van der Waals surface area contributed by atoms with Gasteiger partial charge in [0.2, 0.25) is 0 Å². The summed E-state index contributed by atoms with van der Waals surface area (Å²) in [5, 5.41) is 3.35. The third kappa shape index (κ3) is 3.12. The Kier molecular flexibility index (Phi) is 4.21. The van der Waals surface area contributed by atoms with Gasteiger partial charge in [0.05, 0.1) is 0 Å². The molecule has 0 aliphatic carbocycles. The molecule has 2 aliphatic rings. The van der Waals surface area contributed by atoms with E-state index in [2.05, 4.69) is 5.32 Å². The number of piperidine rings is 1. The van der Waals surface area contributed by atoms with E-state index in [4.69, 9.17) is 9.47 Å². The second-order valence-electron chi connectivity index (χ2n) is 5.51. The van der Waals surface area contributed by atoms with Crippen LogP contribution in [0.1, 0.15) is 36.0 Å². The van der Waals surface area contributed by atoms with E-state index < -0.39 is 0 Å². The van der Waals surface area contributed by atoms with E-state index in [1.54, 1.807) is 0 Å². The summed E-state index contributed by atoms with van der Waals surface area (Å²) in [5.41, 5.74) is 0.739. The number of rotatable bonds is 4. The van der Waals surface area contributed by atoms with E-state index >= 15 is 0 Å². The largest absolute Gasteiger partial charge is 0.486 e. The fraction of sp³-hybridized carbons (Fsp3) is 0.562. The molecule has 108 valence electrons. The average molecular weight is 275 g/mol. The van der Waals surface area contributed by atoms with Gasteiger partial charge in [0.15, 0.2) is 17.3 Å². The molecule has 0 unspecified atom stereocenters. The highest BCUT2D eigenvalue weighted by molar-refractivity contribution is 5.96. The summed E-state index contributed by atoms with van der Waals surface area (Å²) < 4.78 is 11.0. The van der Waals surface area contributed by atoms with E-state index in [-0.39, 0.29) is 5.78 Å². The van der Waals surface area contributed by atoms with Gasteiger partial charge in [-0.25, -0.2) is 0 Å². The van der Waals surface area contributed by atoms with Crippen molar-refractivity contribution in [1.82, 2.24) is 5.32 Å². The van der Waals surface area contributed by atoms with Crippen molar-refractivity contribution in [2.75, 3.05) is 26.3 Å². The van der Waals surface area contributed by atoms with Gasteiger partial charge in [-0.2, -0.15) is 0 Å². The van der Waals surface area contributed by atoms with Crippen LogP contribution in [-0.4, -0.2) is 32.1 Å². The fourth-order valence-electron chi connectivity index (χ4n) is 2.87. The number of benzene rings is 1. The van der Waals surface area contributed by atoms with Crippen molar-refractivity contribution >= 4 is 5.78 Å². The van der Waals surface area contributed by atoms with Gasteiger partial charge in [-0.05, 0) is 56.5 Å². The van der Waals surface area contributed by atoms with Crippen molar-refractivity contribution in [2.45, 2.75) is 25.7 Å². The molecule has 4 heteroatoms. The van der Waals surface area contributed by atoms with Crippen LogP contribution in [0.2, 0.25) is 0 Å². The lowest BCUT2D eigenvalue weighted by atomic mass is 9.91. The molecule has 0 atom stereocenters. The molecule has 1 saturated heterocycles. The number of ether oxygens (including phenoxy) is 2. The predicted molar refractivity (Wildman–Crippen MR) is 76.6 cm³/mol. The first-order valence-electron chi connectivity index (χ1n) is 7.46. The van der Waals surface area contributed by atoms with Gasteiger partial charge in [-0.15, -0.1) is 0 Å². The molecular formula is C16H21NO3. The SMILES string of the molecule is O=C(CCC1CCNCC1)c1ccc2c(c1)OCCO2. The van der Waals surface area contributed by atoms with E-state index in [0.29, 0.717) is 31.3 Å². The van der Waals surface area contributed by atoms with Crippen LogP contribution in [0, 0.1) is 5.92 Å². The molecule has 2 heterocycles. The van der Waals surface area contributed by atoms with E-state index in [9.17, 15) is 4.79 Å². The fourth-order valence-corrected chi connectivity index (χ4v) is 2.87. The summed E-state index contributed by atoms with van der Waals surface area (Å²) in [6.45, 7) is 3.31. The van der Waals surface area contributed by atoms with E-state index in [1.165, 1.54) is 12.8 Å². The topological polar surface area (TPSA) is 47.6 Å². The van der Waals surface area contributed by atoms with Gasteiger partial charge < -0.3 is 14.8 Å². The lowest BCUT2D eigenvalue weighted by Gasteiger charge is -2.22. The smallest absolute Gasteiger partial charge is 0.163 e. The number of ketones is 1. The van der Waals surface area contributed by atoms with Crippen LogP contribution >= 0.6 is 0 Å². The summed E-state index contributed by atoms with van der Waals surface area (Å²) in [5.74, 6) is 2.34. The Morgan fingerprint density at radius 1 is 1.15 bits per heavy atom. The minimum atomic E-state index is 0.209. The van der Waals surface area contributed by atoms with Crippen molar-refractivity contribution in [3.8, 4) is 11.5 Å². The molecule has 0 radical (unpaired) electrons. The number of carbonyl (C=O) groups is 1. The molecule has 2 aliphatic heterocycles. The lowest BCUT2D eigenvalue weighted by Crippen LogP contribution is -2.28. The maximum Gasteiger partial charge on any atom is 0.163 e. The number of Topliss-reactive ketones (excluding diaryl/α,β-unsaturated/α-hetero) is 1. The lowest BCUT2D eigenvalue weighted by molar-refractivity contribution is 0.0969. The van der Waals surface area contributed by atoms with Crippen molar-refractivity contribution in [1.29, 1.82) is 0 Å². The Morgan fingerprint density at radius 2 is 1.90 bits per heavy atom. The van der Waals surface area contributed by atoms with Crippen molar-refractivity contribution in [3.05, 3.63) is 23.8 Å². The third-order valence-corrected chi connectivity index (χ3v) is 4.10. The van der Waals surface area contributed by atoms with Crippen molar-refractivity contribution in [3.63, 3.8) is 0 Å². The number of carbonyl (C=O) groups excluding carboxylic acids is 1. The standard InChI is InChI=1S/C16H21NO3/c18-14(3-1-12-5-7-17-8-6-12)13-2-4-15-16(11-13)20-10-9-19-15/h2,4,11-12,17H,1,3,5-10H2. The zero-order valence-corrected chi connectivity index (χ0v) is 11.7. The Morgan fingerprint density at radius 3 is 2.70 bits per heavy atom. The molecule has 0 aromatic heterocycles. The summed E-state index contributed by atoms with van der Waals surface area (Å²) in [7, 11) is 0. The summed E-state index contributed by atoms with van der Waals surface area (Å²) in [6, 6.07) is 5.50. The van der Waals surface area contributed by atoms with E-state index in [1.807, 2.05) is 18.2 Å². The Bertz CT molecular complexity index is 481. The van der Waals surface area contributed by atoms with Crippen LogP contribution in [0.15, 0.2) is 18.2 Å². The predicted octanol–water partition coefficient (Wildman–Crippen LogP) is 2.42. The third-order valence-electron chi connectivity index (χ3n) is 4.10. The zero-order chi connectivity index (χ0) is 13.8. The molecule has 1 aromatic carbocycles. The minimum Gasteiger partial charge on any atom is -0.486 e. The van der Waals surface area contributed by atoms with Gasteiger partial charge in [0.1, 0.15) is 13.2 Å². The molecular weight excluding hydrogens is 254 g/mol. The highest BCUT2D eigenvalue weighted by atomic mass is 16.6. The van der Waals surface area contributed by atoms with Crippen LogP contribution in [0.5, 0.6) is 11.5 Å². The summed E-state index contributed by atoms with van der Waals surface area (Å²) in [6.07, 6.45) is 4.00. The molecule has 4 nitrogen and oxygen atoms in total. The van der Waals surface area contributed by atoms with Crippen LogP contribution in [0.25, 0.3) is 0 Å². The molecule has 3 rings (SSSR count). The maximum atomic E-state index is 12.3. The number of fused-ring (bicyclic) bond motifs is 1. The van der Waals surface area contributed by atoms with Gasteiger partial charge in [-0.1, -0.05) is 0 Å². The molecule has 1 N–H and O–H groups in total. The monoisotopic (exact) mass is 275 g/mol. The first kappa shape index (κ1) is 13.4. The van der Waals surface area contributed by atoms with Gasteiger partial charge in [-0.3, -0.25) is 4.79 Å². The maximum absolute atomic E-state index is 12.3. The quantitative estimate of drug-likeness (QED) is 0.857. The molecule has 1 fully saturated rings. The first-order valence-corrected chi connectivity index (χ1v) is 7.46. The number of nitrogens with one attached hydrogen (secondary N) is 1. The van der Waals surface area contributed by atoms with Crippen LogP contribution in [-0.2, 0) is 0 Å². The first-order chi connectivity index (χ1) is 9.83. The number of hydrogen-bond donors (Lipinski definition) is 1. The second-order valence-corrected chi connectivity index (χ2v) is 5.51. The number of hydrogen-bond acceptors (Lipinski definition) is 4. The zero-order valence-electron chi connectivity index (χ0n) is 11.7. The molecule has 0 amide bonds. The molecule has 0 saturated carbocycles. The summed E-state index contributed by atoms with van der Waals surface area (Å²) >= 11 is 0. The Labute approximate surface area is 119 Å². The normalized spacial score (nSPS) is 18.8. The second kappa shape index (κ2) is 6.27. The minimum absolute atomic E-state index is 0.209. The van der Waals surface area contributed by atoms with Gasteiger partial charge in [0.25, 0.3) is 0 Å². The average Bonchev–Trinajstić information content (AvgIpc) is 2.53. The molecule has 0 spiro atoms. The van der Waals surface area contributed by atoms with Crippen LogP contribution in [0.3, 0.4) is 0 Å². The van der Waals surface area contributed by atoms with E-state index in [0.717, 1.165) is 30.8 Å². The van der Waals surface area contributed by atoms with Gasteiger partial charge in [0, 0.05) is 12.0 Å². The molecule has 1 aromatic rings. The molecule has 20 heavy (non-hydrogen) atoms. The highest BCUT2D eigenvalue weighted by Gasteiger charge is 2.17. The summed E-state index contributed by atoms with van der Waals surface area (Å²) in [4.78, 5) is 12.3. The van der Waals surface area contributed by atoms with Crippen molar-refractivity contribution < 1.29 is 14.3 Å². The van der Waals surface area contributed by atoms with Gasteiger partial charge >= 0.3 is 0 Å². The van der Waals surface area contributed by atoms with Crippen LogP contribution in [0.4, 0.5) is 0 Å².